The van der Waals surface area contributed by atoms with Gasteiger partial charge in [-0.2, -0.15) is 0 Å². The van der Waals surface area contributed by atoms with Crippen LogP contribution in [0.15, 0.2) is 18.2 Å². The molecule has 27 heavy (non-hydrogen) atoms. The van der Waals surface area contributed by atoms with Crippen LogP contribution in [0.2, 0.25) is 0 Å². The molecule has 0 radical (unpaired) electrons. The molecular weight excluding hydrogens is 362 g/mol. The second-order valence-corrected chi connectivity index (χ2v) is 8.44. The first-order chi connectivity index (χ1) is 13.1. The Labute approximate surface area is 163 Å². The summed E-state index contributed by atoms with van der Waals surface area (Å²) in [5, 5.41) is 4.02. The Morgan fingerprint density at radius 3 is 2.74 bits per heavy atom. The number of likely N-dealkylation sites (tertiary alicyclic amines) is 1. The molecule has 2 aromatic rings. The highest BCUT2D eigenvalue weighted by Gasteiger charge is 2.25. The van der Waals surface area contributed by atoms with Crippen molar-refractivity contribution in [1.29, 1.82) is 0 Å². The average molecular weight is 388 g/mol. The molecular formula is C20H25N3O3S. The number of carbonyl (C=O) groups excluding carboxylic acids is 1. The van der Waals surface area contributed by atoms with E-state index in [9.17, 15) is 4.79 Å². The number of nitrogens with one attached hydrogen (secondary N) is 1. The summed E-state index contributed by atoms with van der Waals surface area (Å²) in [6.07, 6.45) is 3.01. The lowest BCUT2D eigenvalue weighted by molar-refractivity contribution is 0.0691. The molecule has 2 aliphatic rings. The Balaban J connectivity index is 1.48. The average Bonchev–Trinajstić information content (AvgIpc) is 2.88. The van der Waals surface area contributed by atoms with Crippen molar-refractivity contribution in [2.45, 2.75) is 33.1 Å². The molecule has 1 aromatic heterocycles. The molecule has 0 atom stereocenters. The number of amides is 1. The first kappa shape index (κ1) is 18.1. The van der Waals surface area contributed by atoms with E-state index < -0.39 is 0 Å². The predicted octanol–water partition coefficient (Wildman–Crippen LogP) is 4.23. The van der Waals surface area contributed by atoms with E-state index in [-0.39, 0.29) is 5.91 Å². The minimum Gasteiger partial charge on any atom is -0.490 e. The fraction of sp³-hybridized carbons (Fsp3) is 0.500. The van der Waals surface area contributed by atoms with Gasteiger partial charge in [-0.3, -0.25) is 4.79 Å². The highest BCUT2D eigenvalue weighted by atomic mass is 32.1. The van der Waals surface area contributed by atoms with Gasteiger partial charge >= 0.3 is 0 Å². The summed E-state index contributed by atoms with van der Waals surface area (Å²) < 4.78 is 11.4. The molecule has 3 heterocycles. The van der Waals surface area contributed by atoms with Crippen LogP contribution in [0, 0.1) is 12.8 Å². The number of rotatable bonds is 3. The van der Waals surface area contributed by atoms with Gasteiger partial charge in [-0.05, 0) is 37.8 Å². The molecule has 1 N–H and O–H groups in total. The van der Waals surface area contributed by atoms with Crippen LogP contribution < -0.4 is 14.8 Å². The standard InChI is InChI=1S/C20H25N3O3S/c1-13-6-8-23(9-7-13)19(24)18-14(2)27-20(22-18)21-15-4-5-16-17(12-15)26-11-3-10-25-16/h4-5,12-13H,3,6-11H2,1-2H3,(H,21,22). The molecule has 0 aliphatic carbocycles. The zero-order valence-corrected chi connectivity index (χ0v) is 16.6. The number of hydrogen-bond donors (Lipinski definition) is 1. The summed E-state index contributed by atoms with van der Waals surface area (Å²) >= 11 is 1.50. The molecule has 1 aromatic carbocycles. The van der Waals surface area contributed by atoms with Crippen molar-refractivity contribution in [3.63, 3.8) is 0 Å². The second kappa shape index (κ2) is 7.76. The molecule has 4 rings (SSSR count). The third-order valence-corrected chi connectivity index (χ3v) is 5.96. The summed E-state index contributed by atoms with van der Waals surface area (Å²) in [4.78, 5) is 20.3. The monoisotopic (exact) mass is 387 g/mol. The van der Waals surface area contributed by atoms with E-state index in [0.29, 0.717) is 24.8 Å². The molecule has 7 heteroatoms. The highest BCUT2D eigenvalue weighted by molar-refractivity contribution is 7.15. The number of benzene rings is 1. The fourth-order valence-corrected chi connectivity index (χ4v) is 4.20. The third kappa shape index (κ3) is 4.03. The predicted molar refractivity (Wildman–Crippen MR) is 106 cm³/mol. The number of aromatic nitrogens is 1. The van der Waals surface area contributed by atoms with Gasteiger partial charge in [-0.25, -0.2) is 4.98 Å². The molecule has 1 fully saturated rings. The number of carbonyl (C=O) groups is 1. The number of thiazole rings is 1. The Morgan fingerprint density at radius 1 is 1.22 bits per heavy atom. The molecule has 2 aliphatic heterocycles. The fourth-order valence-electron chi connectivity index (χ4n) is 3.37. The smallest absolute Gasteiger partial charge is 0.273 e. The Hall–Kier alpha value is -2.28. The minimum atomic E-state index is 0.0439. The van der Waals surface area contributed by atoms with Gasteiger partial charge in [0.05, 0.1) is 13.2 Å². The van der Waals surface area contributed by atoms with Gasteiger partial charge in [0.2, 0.25) is 0 Å². The van der Waals surface area contributed by atoms with E-state index in [1.54, 1.807) is 0 Å². The maximum absolute atomic E-state index is 12.8. The first-order valence-corrected chi connectivity index (χ1v) is 10.3. The van der Waals surface area contributed by atoms with Crippen molar-refractivity contribution in [2.75, 3.05) is 31.6 Å². The van der Waals surface area contributed by atoms with Gasteiger partial charge < -0.3 is 19.7 Å². The third-order valence-electron chi connectivity index (χ3n) is 5.07. The van der Waals surface area contributed by atoms with Crippen molar-refractivity contribution in [3.8, 4) is 11.5 Å². The zero-order valence-electron chi connectivity index (χ0n) is 15.8. The van der Waals surface area contributed by atoms with E-state index >= 15 is 0 Å². The van der Waals surface area contributed by atoms with Crippen LogP contribution >= 0.6 is 11.3 Å². The quantitative estimate of drug-likeness (QED) is 0.854. The van der Waals surface area contributed by atoms with Gasteiger partial charge in [0.25, 0.3) is 5.91 Å². The summed E-state index contributed by atoms with van der Waals surface area (Å²) in [7, 11) is 0. The number of fused-ring (bicyclic) bond motifs is 1. The van der Waals surface area contributed by atoms with Gasteiger partial charge in [0.1, 0.15) is 5.69 Å². The molecule has 0 saturated carbocycles. The van der Waals surface area contributed by atoms with Crippen molar-refractivity contribution >= 4 is 28.1 Å². The van der Waals surface area contributed by atoms with E-state index in [2.05, 4.69) is 17.2 Å². The summed E-state index contributed by atoms with van der Waals surface area (Å²) in [6, 6.07) is 5.77. The number of aryl methyl sites for hydroxylation is 1. The van der Waals surface area contributed by atoms with Crippen LogP contribution in [-0.4, -0.2) is 42.1 Å². The van der Waals surface area contributed by atoms with Gasteiger partial charge in [-0.15, -0.1) is 11.3 Å². The number of hydrogen-bond acceptors (Lipinski definition) is 6. The number of piperidine rings is 1. The summed E-state index contributed by atoms with van der Waals surface area (Å²) in [6.45, 7) is 7.17. The number of anilines is 2. The summed E-state index contributed by atoms with van der Waals surface area (Å²) in [5.41, 5.74) is 1.44. The van der Waals surface area contributed by atoms with E-state index in [1.165, 1.54) is 11.3 Å². The molecule has 144 valence electrons. The number of nitrogens with zero attached hydrogens (tertiary/aromatic N) is 2. The largest absolute Gasteiger partial charge is 0.490 e. The minimum absolute atomic E-state index is 0.0439. The Morgan fingerprint density at radius 2 is 1.96 bits per heavy atom. The van der Waals surface area contributed by atoms with Crippen LogP contribution in [-0.2, 0) is 0 Å². The second-order valence-electron chi connectivity index (χ2n) is 7.24. The molecule has 0 spiro atoms. The lowest BCUT2D eigenvalue weighted by atomic mass is 9.99. The zero-order chi connectivity index (χ0) is 18.8. The van der Waals surface area contributed by atoms with E-state index in [4.69, 9.17) is 9.47 Å². The number of ether oxygens (including phenoxy) is 2. The van der Waals surface area contributed by atoms with Crippen molar-refractivity contribution < 1.29 is 14.3 Å². The first-order valence-electron chi connectivity index (χ1n) is 9.53. The molecule has 1 amide bonds. The van der Waals surface area contributed by atoms with Crippen LogP contribution in [0.1, 0.15) is 41.6 Å². The van der Waals surface area contributed by atoms with Crippen LogP contribution in [0.25, 0.3) is 0 Å². The lowest BCUT2D eigenvalue weighted by Gasteiger charge is -2.29. The van der Waals surface area contributed by atoms with Gasteiger partial charge in [-0.1, -0.05) is 6.92 Å². The van der Waals surface area contributed by atoms with Gasteiger partial charge in [0, 0.05) is 36.1 Å². The molecule has 6 nitrogen and oxygen atoms in total. The molecule has 0 bridgehead atoms. The maximum atomic E-state index is 12.8. The van der Waals surface area contributed by atoms with Crippen LogP contribution in [0.5, 0.6) is 11.5 Å². The molecule has 0 unspecified atom stereocenters. The van der Waals surface area contributed by atoms with Crippen molar-refractivity contribution in [3.05, 3.63) is 28.8 Å². The summed E-state index contributed by atoms with van der Waals surface area (Å²) in [5.74, 6) is 2.25. The van der Waals surface area contributed by atoms with E-state index in [1.807, 2.05) is 30.0 Å². The van der Waals surface area contributed by atoms with Crippen molar-refractivity contribution in [2.24, 2.45) is 5.92 Å². The maximum Gasteiger partial charge on any atom is 0.273 e. The van der Waals surface area contributed by atoms with Crippen LogP contribution in [0.3, 0.4) is 0 Å². The highest BCUT2D eigenvalue weighted by Crippen LogP contribution is 2.34. The van der Waals surface area contributed by atoms with E-state index in [0.717, 1.165) is 59.5 Å². The van der Waals surface area contributed by atoms with Crippen molar-refractivity contribution in [1.82, 2.24) is 9.88 Å². The SMILES string of the molecule is Cc1sc(Nc2ccc3c(c2)OCCCO3)nc1C(=O)N1CCC(C)CC1. The van der Waals surface area contributed by atoms with Gasteiger partial charge in [0.15, 0.2) is 16.6 Å². The lowest BCUT2D eigenvalue weighted by Crippen LogP contribution is -2.38. The Kier molecular flexibility index (Phi) is 5.20. The topological polar surface area (TPSA) is 63.7 Å². The van der Waals surface area contributed by atoms with Crippen LogP contribution in [0.4, 0.5) is 10.8 Å². The molecule has 1 saturated heterocycles. The normalized spacial score (nSPS) is 17.5. The Bertz CT molecular complexity index is 828.